The number of carbonyl (C=O) groups is 1. The molecule has 0 saturated heterocycles. The number of phosphoric ester groups is 1. The molecular formula is C49H84N2O6P+. The molecule has 0 aromatic heterocycles. The molecule has 0 aliphatic rings. The van der Waals surface area contributed by atoms with E-state index in [1.54, 1.807) is 6.08 Å². The van der Waals surface area contributed by atoms with Gasteiger partial charge in [0.1, 0.15) is 13.2 Å². The Morgan fingerprint density at radius 3 is 1.59 bits per heavy atom. The summed E-state index contributed by atoms with van der Waals surface area (Å²) in [6.07, 6.45) is 57.6. The average molecular weight is 828 g/mol. The number of hydrogen-bond acceptors (Lipinski definition) is 5. The Morgan fingerprint density at radius 1 is 0.621 bits per heavy atom. The Hall–Kier alpha value is -2.84. The molecule has 0 aliphatic carbocycles. The molecule has 0 bridgehead atoms. The summed E-state index contributed by atoms with van der Waals surface area (Å²) in [6.45, 7) is 4.39. The smallest absolute Gasteiger partial charge is 0.387 e. The number of allylic oxidation sites excluding steroid dienone is 17. The van der Waals surface area contributed by atoms with E-state index in [4.69, 9.17) is 9.05 Å². The maximum Gasteiger partial charge on any atom is 0.472 e. The maximum atomic E-state index is 12.8. The maximum absolute atomic E-state index is 12.8. The zero-order valence-electron chi connectivity index (χ0n) is 37.2. The molecule has 0 fully saturated rings. The minimum Gasteiger partial charge on any atom is -0.387 e. The molecule has 0 aromatic rings. The molecule has 3 unspecified atom stereocenters. The third kappa shape index (κ3) is 41.3. The number of quaternary nitrogens is 1. The van der Waals surface area contributed by atoms with E-state index >= 15 is 0 Å². The van der Waals surface area contributed by atoms with Crippen LogP contribution in [0, 0.1) is 0 Å². The minimum atomic E-state index is -4.35. The van der Waals surface area contributed by atoms with Crippen molar-refractivity contribution >= 4 is 13.7 Å². The standard InChI is InChI=1S/C49H83N2O6P/c1-6-8-10-12-14-16-17-18-19-20-21-22-23-24-25-26-27-28-29-30-31-32-33-35-37-39-41-43-49(53)50-47(46-57-58(54,55)56-45-44-51(3,4)5)48(52)42-40-38-36-34-15-13-11-9-7-2/h7-10,14-16,18-19,21-22,24-25,27-28,34,40,42,47-48,52H,6,11-13,17,20,23,26,29-33,35-39,41,43-46H2,1-5H3,(H-,50,53,54,55)/p+1/b9-7+,10-8-,16-14-,19-18-,22-21-,25-24-,28-27-,34-15+,42-40+. The van der Waals surface area contributed by atoms with Crippen LogP contribution in [0.3, 0.4) is 0 Å². The van der Waals surface area contributed by atoms with Gasteiger partial charge in [-0.15, -0.1) is 0 Å². The van der Waals surface area contributed by atoms with E-state index < -0.39 is 20.0 Å². The quantitative estimate of drug-likeness (QED) is 0.0248. The summed E-state index contributed by atoms with van der Waals surface area (Å²) < 4.78 is 23.4. The van der Waals surface area contributed by atoms with Crippen molar-refractivity contribution in [1.82, 2.24) is 5.32 Å². The third-order valence-corrected chi connectivity index (χ3v) is 10.0. The number of nitrogens with zero attached hydrogens (tertiary/aromatic N) is 1. The Labute approximate surface area is 355 Å². The molecule has 9 heteroatoms. The molecule has 0 rings (SSSR count). The Balaban J connectivity index is 4.27. The Kier molecular flexibility index (Phi) is 37.7. The van der Waals surface area contributed by atoms with Crippen molar-refractivity contribution in [3.05, 3.63) is 109 Å². The van der Waals surface area contributed by atoms with Crippen LogP contribution in [0.5, 0.6) is 0 Å². The highest BCUT2D eigenvalue weighted by Gasteiger charge is 2.27. The number of aliphatic hydroxyl groups excluding tert-OH is 1. The van der Waals surface area contributed by atoms with Gasteiger partial charge in [0.2, 0.25) is 5.91 Å². The van der Waals surface area contributed by atoms with Crippen molar-refractivity contribution in [1.29, 1.82) is 0 Å². The summed E-state index contributed by atoms with van der Waals surface area (Å²) >= 11 is 0. The second-order valence-electron chi connectivity index (χ2n) is 15.7. The monoisotopic (exact) mass is 828 g/mol. The topological polar surface area (TPSA) is 105 Å². The number of nitrogens with one attached hydrogen (secondary N) is 1. The zero-order chi connectivity index (χ0) is 42.8. The molecule has 3 atom stereocenters. The van der Waals surface area contributed by atoms with Crippen LogP contribution in [0.4, 0.5) is 0 Å². The average Bonchev–Trinajstić information content (AvgIpc) is 3.17. The van der Waals surface area contributed by atoms with Gasteiger partial charge >= 0.3 is 7.82 Å². The van der Waals surface area contributed by atoms with Gasteiger partial charge in [-0.3, -0.25) is 13.8 Å². The number of aliphatic hydroxyl groups is 1. The van der Waals surface area contributed by atoms with Gasteiger partial charge in [-0.2, -0.15) is 0 Å². The first-order valence-corrected chi connectivity index (χ1v) is 23.7. The Morgan fingerprint density at radius 2 is 1.07 bits per heavy atom. The van der Waals surface area contributed by atoms with Crippen LogP contribution in [0.2, 0.25) is 0 Å². The lowest BCUT2D eigenvalue weighted by molar-refractivity contribution is -0.870. The highest BCUT2D eigenvalue weighted by Crippen LogP contribution is 2.43. The second kappa shape index (κ2) is 39.6. The zero-order valence-corrected chi connectivity index (χ0v) is 38.1. The van der Waals surface area contributed by atoms with Crippen LogP contribution in [0.15, 0.2) is 109 Å². The SMILES string of the molecule is C/C=C/CC/C=C/CC/C=C/C(O)C(COP(=O)(O)OCC[N+](C)(C)C)NC(=O)CCCCCCCCCC/C=C\C/C=C\C/C=C\C/C=C\C/C=C\C/C=C\CC. The summed E-state index contributed by atoms with van der Waals surface area (Å²) in [4.78, 5) is 23.0. The lowest BCUT2D eigenvalue weighted by Gasteiger charge is -2.25. The number of hydrogen-bond donors (Lipinski definition) is 3. The molecule has 0 radical (unpaired) electrons. The van der Waals surface area contributed by atoms with Crippen LogP contribution in [0.25, 0.3) is 0 Å². The Bertz CT molecular complexity index is 1300. The van der Waals surface area contributed by atoms with Crippen molar-refractivity contribution in [3.63, 3.8) is 0 Å². The summed E-state index contributed by atoms with van der Waals surface area (Å²) in [5, 5.41) is 13.7. The van der Waals surface area contributed by atoms with E-state index in [-0.39, 0.29) is 19.1 Å². The van der Waals surface area contributed by atoms with Crippen LogP contribution >= 0.6 is 7.82 Å². The van der Waals surface area contributed by atoms with Crippen molar-refractivity contribution in [2.24, 2.45) is 0 Å². The van der Waals surface area contributed by atoms with E-state index in [2.05, 4.69) is 103 Å². The van der Waals surface area contributed by atoms with Gasteiger partial charge in [0.15, 0.2) is 0 Å². The molecule has 0 spiro atoms. The lowest BCUT2D eigenvalue weighted by atomic mass is 10.1. The fourth-order valence-corrected chi connectivity index (χ4v) is 6.29. The lowest BCUT2D eigenvalue weighted by Crippen LogP contribution is -2.45. The van der Waals surface area contributed by atoms with Gasteiger partial charge < -0.3 is 19.8 Å². The van der Waals surface area contributed by atoms with Gasteiger partial charge in [-0.1, -0.05) is 155 Å². The molecule has 0 aliphatic heterocycles. The molecule has 0 saturated carbocycles. The predicted molar refractivity (Wildman–Crippen MR) is 249 cm³/mol. The van der Waals surface area contributed by atoms with Crippen LogP contribution in [-0.2, 0) is 18.4 Å². The minimum absolute atomic E-state index is 0.0450. The van der Waals surface area contributed by atoms with Crippen LogP contribution < -0.4 is 5.32 Å². The third-order valence-electron chi connectivity index (χ3n) is 9.05. The molecule has 330 valence electrons. The molecule has 0 heterocycles. The highest BCUT2D eigenvalue weighted by molar-refractivity contribution is 7.47. The molecule has 8 nitrogen and oxygen atoms in total. The predicted octanol–water partition coefficient (Wildman–Crippen LogP) is 12.5. The van der Waals surface area contributed by atoms with Crippen LogP contribution in [-0.4, -0.2) is 73.4 Å². The molecule has 1 amide bonds. The van der Waals surface area contributed by atoms with Gasteiger partial charge in [0.25, 0.3) is 0 Å². The summed E-state index contributed by atoms with van der Waals surface area (Å²) in [5.74, 6) is -0.210. The van der Waals surface area contributed by atoms with Crippen LogP contribution in [0.1, 0.15) is 142 Å². The number of likely N-dealkylation sites (N-methyl/N-ethyl adjacent to an activating group) is 1. The fraction of sp³-hybridized carbons (Fsp3) is 0.612. The molecule has 58 heavy (non-hydrogen) atoms. The highest BCUT2D eigenvalue weighted by atomic mass is 31.2. The van der Waals surface area contributed by atoms with Crippen molar-refractivity contribution in [2.45, 2.75) is 154 Å². The van der Waals surface area contributed by atoms with E-state index in [9.17, 15) is 19.4 Å². The summed E-state index contributed by atoms with van der Waals surface area (Å²) in [7, 11) is 1.51. The second-order valence-corrected chi connectivity index (χ2v) is 17.1. The fourth-order valence-electron chi connectivity index (χ4n) is 5.55. The van der Waals surface area contributed by atoms with E-state index in [1.807, 2.05) is 40.2 Å². The number of amides is 1. The number of unbranched alkanes of at least 4 members (excludes halogenated alkanes) is 10. The van der Waals surface area contributed by atoms with E-state index in [0.29, 0.717) is 17.4 Å². The largest absolute Gasteiger partial charge is 0.472 e. The molecule has 0 aromatic carbocycles. The first-order valence-electron chi connectivity index (χ1n) is 22.2. The first-order chi connectivity index (χ1) is 28.0. The number of phosphoric acid groups is 1. The van der Waals surface area contributed by atoms with Crippen molar-refractivity contribution < 1.29 is 32.9 Å². The normalized spacial score (nSPS) is 15.4. The van der Waals surface area contributed by atoms with E-state index in [0.717, 1.165) is 96.3 Å². The summed E-state index contributed by atoms with van der Waals surface area (Å²) in [5.41, 5.74) is 0. The molecular weight excluding hydrogens is 744 g/mol. The number of rotatable bonds is 38. The number of carbonyl (C=O) groups excluding carboxylic acids is 1. The van der Waals surface area contributed by atoms with Crippen molar-refractivity contribution in [2.75, 3.05) is 40.9 Å². The summed E-state index contributed by atoms with van der Waals surface area (Å²) in [6, 6.07) is -0.879. The first kappa shape index (κ1) is 55.2. The van der Waals surface area contributed by atoms with Gasteiger partial charge in [0.05, 0.1) is 39.9 Å². The van der Waals surface area contributed by atoms with E-state index in [1.165, 1.54) is 25.7 Å². The van der Waals surface area contributed by atoms with Gasteiger partial charge in [0, 0.05) is 6.42 Å². The van der Waals surface area contributed by atoms with Crippen molar-refractivity contribution in [3.8, 4) is 0 Å². The molecule has 3 N–H and O–H groups in total. The van der Waals surface area contributed by atoms with Gasteiger partial charge in [-0.05, 0) is 90.4 Å². The van der Waals surface area contributed by atoms with Gasteiger partial charge in [-0.25, -0.2) is 4.57 Å².